The summed E-state index contributed by atoms with van der Waals surface area (Å²) in [6, 6.07) is 6.78. The van der Waals surface area contributed by atoms with Gasteiger partial charge in [0.15, 0.2) is 0 Å². The van der Waals surface area contributed by atoms with E-state index in [1.807, 2.05) is 19.1 Å². The van der Waals surface area contributed by atoms with Crippen molar-refractivity contribution in [1.29, 1.82) is 0 Å². The van der Waals surface area contributed by atoms with E-state index in [9.17, 15) is 27.1 Å². The molecule has 1 saturated heterocycles. The van der Waals surface area contributed by atoms with E-state index in [-0.39, 0.29) is 36.1 Å². The molecule has 2 aromatic carbocycles. The lowest BCUT2D eigenvalue weighted by atomic mass is 9.94. The second-order valence-corrected chi connectivity index (χ2v) is 13.5. The maximum Gasteiger partial charge on any atom is 0.303 e. The minimum absolute atomic E-state index is 0.0584. The first-order valence-corrected chi connectivity index (χ1v) is 15.4. The number of rotatable bonds is 7. The number of fused-ring (bicyclic) bond motifs is 2. The smallest absolute Gasteiger partial charge is 0.303 e. The molecule has 0 bridgehead atoms. The molecule has 4 N–H and O–H groups in total. The van der Waals surface area contributed by atoms with Gasteiger partial charge in [0.2, 0.25) is 15.9 Å². The van der Waals surface area contributed by atoms with Crippen LogP contribution in [0.2, 0.25) is 0 Å². The van der Waals surface area contributed by atoms with Gasteiger partial charge in [-0.25, -0.2) is 13.1 Å². The molecule has 2 heterocycles. The first-order chi connectivity index (χ1) is 17.3. The van der Waals surface area contributed by atoms with E-state index in [4.69, 9.17) is 5.11 Å². The number of sulfonamides is 1. The normalized spacial score (nSPS) is 18.1. The number of nitrogens with zero attached hydrogens (tertiary/aromatic N) is 1. The highest BCUT2D eigenvalue weighted by Crippen LogP contribution is 2.63. The van der Waals surface area contributed by atoms with Crippen LogP contribution < -0.4 is 4.72 Å². The average Bonchev–Trinajstić information content (AvgIpc) is 2.82. The van der Waals surface area contributed by atoms with Gasteiger partial charge >= 0.3 is 5.97 Å². The lowest BCUT2D eigenvalue weighted by Crippen LogP contribution is -2.46. The number of aliphatic carboxylic acids is 1. The Balaban J connectivity index is 1.55. The Morgan fingerprint density at radius 3 is 2.32 bits per heavy atom. The van der Waals surface area contributed by atoms with Gasteiger partial charge in [0, 0.05) is 38.4 Å². The number of carbonyl (C=O) groups is 2. The van der Waals surface area contributed by atoms with E-state index in [2.05, 4.69) is 4.72 Å². The highest BCUT2D eigenvalue weighted by atomic mass is 32.3. The Morgan fingerprint density at radius 2 is 1.68 bits per heavy atom. The van der Waals surface area contributed by atoms with Gasteiger partial charge in [-0.15, -0.1) is 10.6 Å². The van der Waals surface area contributed by atoms with Crippen LogP contribution in [0.1, 0.15) is 59.9 Å². The Bertz CT molecular complexity index is 1350. The van der Waals surface area contributed by atoms with Gasteiger partial charge in [0.05, 0.1) is 14.7 Å². The molecule has 9 nitrogen and oxygen atoms in total. The average molecular weight is 551 g/mol. The molecule has 2 aliphatic rings. The molecule has 202 valence electrons. The van der Waals surface area contributed by atoms with Crippen LogP contribution in [-0.2, 0) is 26.0 Å². The molecule has 0 aliphatic carbocycles. The van der Waals surface area contributed by atoms with Crippen molar-refractivity contribution in [1.82, 2.24) is 9.62 Å². The van der Waals surface area contributed by atoms with Crippen LogP contribution >= 0.6 is 10.6 Å². The molecule has 0 radical (unpaired) electrons. The molecule has 1 fully saturated rings. The lowest BCUT2D eigenvalue weighted by Gasteiger charge is -2.42. The van der Waals surface area contributed by atoms with Gasteiger partial charge in [0.25, 0.3) is 0 Å². The largest absolute Gasteiger partial charge is 0.481 e. The van der Waals surface area contributed by atoms with Gasteiger partial charge in [-0.05, 0) is 73.9 Å². The van der Waals surface area contributed by atoms with Crippen LogP contribution in [0.3, 0.4) is 0 Å². The highest BCUT2D eigenvalue weighted by Gasteiger charge is 2.37. The van der Waals surface area contributed by atoms with Crippen LogP contribution in [0, 0.1) is 20.8 Å². The summed E-state index contributed by atoms with van der Waals surface area (Å²) in [4.78, 5) is 25.5. The van der Waals surface area contributed by atoms with Gasteiger partial charge in [-0.1, -0.05) is 18.2 Å². The number of carbonyl (C=O) groups excluding carboxylic acids is 1. The molecule has 0 unspecified atom stereocenters. The predicted molar refractivity (Wildman–Crippen MR) is 141 cm³/mol. The number of amides is 1. The van der Waals surface area contributed by atoms with Crippen LogP contribution in [-0.4, -0.2) is 58.5 Å². The fraction of sp³-hybridized carbons (Fsp3) is 0.462. The number of piperidine rings is 1. The van der Waals surface area contributed by atoms with E-state index < -0.39 is 26.6 Å². The fourth-order valence-corrected chi connectivity index (χ4v) is 9.49. The molecule has 0 saturated carbocycles. The predicted octanol–water partition coefficient (Wildman–Crippen LogP) is 4.21. The van der Waals surface area contributed by atoms with E-state index in [1.165, 1.54) is 0 Å². The maximum absolute atomic E-state index is 13.7. The van der Waals surface area contributed by atoms with Crippen molar-refractivity contribution in [3.8, 4) is 0 Å². The first-order valence-electron chi connectivity index (χ1n) is 12.3. The molecular weight excluding hydrogens is 516 g/mol. The molecular formula is C26H34N2O7S2. The van der Waals surface area contributed by atoms with Crippen molar-refractivity contribution >= 4 is 32.5 Å². The third kappa shape index (κ3) is 5.28. The number of benzene rings is 2. The van der Waals surface area contributed by atoms with Gasteiger partial charge in [-0.3, -0.25) is 18.7 Å². The Kier molecular flexibility index (Phi) is 7.74. The summed E-state index contributed by atoms with van der Waals surface area (Å²) >= 11 is 0. The number of carboxylic acids is 1. The Hall–Kier alpha value is -2.44. The summed E-state index contributed by atoms with van der Waals surface area (Å²) in [6.45, 7) is 5.99. The topological polar surface area (TPSA) is 144 Å². The molecule has 2 aliphatic heterocycles. The first kappa shape index (κ1) is 27.6. The molecule has 0 atom stereocenters. The summed E-state index contributed by atoms with van der Waals surface area (Å²) in [5.74, 6) is -1.06. The van der Waals surface area contributed by atoms with Crippen molar-refractivity contribution in [2.45, 2.75) is 80.0 Å². The fourth-order valence-electron chi connectivity index (χ4n) is 5.48. The van der Waals surface area contributed by atoms with Crippen molar-refractivity contribution in [3.05, 3.63) is 52.1 Å². The summed E-state index contributed by atoms with van der Waals surface area (Å²) in [7, 11) is -7.38. The van der Waals surface area contributed by atoms with Crippen LogP contribution in [0.25, 0.3) is 0 Å². The number of carboxylic acid groups (broad SMARTS) is 1. The van der Waals surface area contributed by atoms with Gasteiger partial charge < -0.3 is 10.0 Å². The third-order valence-electron chi connectivity index (χ3n) is 7.46. The second kappa shape index (κ2) is 10.4. The van der Waals surface area contributed by atoms with Gasteiger partial charge in [-0.2, -0.15) is 0 Å². The zero-order valence-corrected chi connectivity index (χ0v) is 22.9. The molecule has 0 aromatic heterocycles. The number of hydrogen-bond donors (Lipinski definition) is 4. The monoisotopic (exact) mass is 550 g/mol. The summed E-state index contributed by atoms with van der Waals surface area (Å²) in [6.07, 6.45) is 1.76. The van der Waals surface area contributed by atoms with Crippen molar-refractivity contribution in [2.75, 3.05) is 13.1 Å². The van der Waals surface area contributed by atoms with Crippen LogP contribution in [0.5, 0.6) is 0 Å². The van der Waals surface area contributed by atoms with Crippen molar-refractivity contribution in [2.24, 2.45) is 0 Å². The van der Waals surface area contributed by atoms with E-state index in [0.717, 1.165) is 16.7 Å². The second-order valence-electron chi connectivity index (χ2n) is 9.87. The SMILES string of the molecule is Cc1c(C)c(S(=O)(=O)NC2CCN(C(=O)CCCC(=O)O)CC2)c(C)c2c1Cc1ccccc1S2(O)O. The van der Waals surface area contributed by atoms with Crippen LogP contribution in [0.4, 0.5) is 0 Å². The van der Waals surface area contributed by atoms with Crippen LogP contribution in [0.15, 0.2) is 39.0 Å². The molecule has 37 heavy (non-hydrogen) atoms. The minimum atomic E-state index is -3.99. The Labute approximate surface area is 219 Å². The molecule has 4 rings (SSSR count). The number of nitrogens with one attached hydrogen (secondary N) is 1. The zero-order valence-electron chi connectivity index (χ0n) is 21.3. The molecule has 2 aromatic rings. The zero-order chi connectivity index (χ0) is 27.1. The van der Waals surface area contributed by atoms with Crippen molar-refractivity contribution < 1.29 is 32.2 Å². The van der Waals surface area contributed by atoms with Gasteiger partial charge in [0.1, 0.15) is 0 Å². The standard InChI is InChI=1S/C26H34N2O7S2/c1-16-17(2)25(18(3)26-21(16)15-19-7-4-5-8-22(19)36(26,32)33)37(34,35)27-20-11-13-28(14-12-20)23(29)9-6-10-24(30)31/h4-5,7-8,20,27,32-33H,6,9-15H2,1-3H3,(H,30,31). The van der Waals surface area contributed by atoms with E-state index >= 15 is 0 Å². The maximum atomic E-state index is 13.7. The highest BCUT2D eigenvalue weighted by molar-refractivity contribution is 8.24. The summed E-state index contributed by atoms with van der Waals surface area (Å²) in [5, 5.41) is 8.75. The lowest BCUT2D eigenvalue weighted by molar-refractivity contribution is -0.137. The molecule has 0 spiro atoms. The summed E-state index contributed by atoms with van der Waals surface area (Å²) in [5.41, 5.74) is 3.27. The number of likely N-dealkylation sites (tertiary alicyclic amines) is 1. The summed E-state index contributed by atoms with van der Waals surface area (Å²) < 4.78 is 52.7. The van der Waals surface area contributed by atoms with Crippen molar-refractivity contribution in [3.63, 3.8) is 0 Å². The molecule has 1 amide bonds. The minimum Gasteiger partial charge on any atom is -0.481 e. The van der Waals surface area contributed by atoms with E-state index in [1.54, 1.807) is 30.9 Å². The third-order valence-corrected chi connectivity index (χ3v) is 11.4. The quantitative estimate of drug-likeness (QED) is 0.404. The van der Waals surface area contributed by atoms with E-state index in [0.29, 0.717) is 53.3 Å². The Morgan fingerprint density at radius 1 is 1.03 bits per heavy atom. The molecule has 11 heteroatoms. The number of hydrogen-bond acceptors (Lipinski definition) is 6.